The molecule has 19 heavy (non-hydrogen) atoms. The summed E-state index contributed by atoms with van der Waals surface area (Å²) < 4.78 is 0.673. The number of nitrogens with two attached hydrogens (primary N) is 1. The van der Waals surface area contributed by atoms with Gasteiger partial charge in [0.25, 0.3) is 5.91 Å². The van der Waals surface area contributed by atoms with Crippen molar-refractivity contribution in [2.45, 2.75) is 25.3 Å². The van der Waals surface area contributed by atoms with Crippen molar-refractivity contribution in [3.05, 3.63) is 28.2 Å². The highest BCUT2D eigenvalue weighted by atomic mass is 79.9. The summed E-state index contributed by atoms with van der Waals surface area (Å²) in [5.41, 5.74) is 6.64. The van der Waals surface area contributed by atoms with Gasteiger partial charge in [-0.2, -0.15) is 0 Å². The van der Waals surface area contributed by atoms with E-state index in [2.05, 4.69) is 21.2 Å². The first-order valence-corrected chi connectivity index (χ1v) is 6.85. The fourth-order valence-corrected chi connectivity index (χ4v) is 2.74. The number of carbonyl (C=O) groups excluding carboxylic acids is 1. The predicted octanol–water partition coefficient (Wildman–Crippen LogP) is 2.01. The quantitative estimate of drug-likeness (QED) is 0.741. The predicted molar refractivity (Wildman–Crippen MR) is 74.8 cm³/mol. The SMILES string of the molecule is Nc1ccc(Br)c(C(=O)N[C@H]2CC[C@@H](C(=O)O)C2)c1. The van der Waals surface area contributed by atoms with Crippen molar-refractivity contribution in [1.82, 2.24) is 5.32 Å². The first-order chi connectivity index (χ1) is 8.97. The van der Waals surface area contributed by atoms with Crippen LogP contribution in [0.2, 0.25) is 0 Å². The molecule has 0 radical (unpaired) electrons. The van der Waals surface area contributed by atoms with Gasteiger partial charge in [-0.1, -0.05) is 0 Å². The summed E-state index contributed by atoms with van der Waals surface area (Å²) in [5, 5.41) is 11.8. The van der Waals surface area contributed by atoms with Crippen LogP contribution in [-0.4, -0.2) is 23.0 Å². The van der Waals surface area contributed by atoms with E-state index >= 15 is 0 Å². The van der Waals surface area contributed by atoms with Crippen molar-refractivity contribution in [2.75, 3.05) is 5.73 Å². The van der Waals surface area contributed by atoms with Crippen LogP contribution in [-0.2, 0) is 4.79 Å². The molecule has 0 aromatic heterocycles. The third-order valence-corrected chi connectivity index (χ3v) is 4.04. The van der Waals surface area contributed by atoms with E-state index < -0.39 is 5.97 Å². The summed E-state index contributed by atoms with van der Waals surface area (Å²) in [7, 11) is 0. The summed E-state index contributed by atoms with van der Waals surface area (Å²) in [6.07, 6.45) is 1.79. The summed E-state index contributed by atoms with van der Waals surface area (Å²) >= 11 is 3.31. The fraction of sp³-hybridized carbons (Fsp3) is 0.385. The maximum absolute atomic E-state index is 12.1. The lowest BCUT2D eigenvalue weighted by atomic mass is 10.1. The molecule has 1 aliphatic carbocycles. The average molecular weight is 327 g/mol. The van der Waals surface area contributed by atoms with E-state index in [9.17, 15) is 9.59 Å². The maximum Gasteiger partial charge on any atom is 0.306 e. The number of amides is 1. The number of nitrogens with one attached hydrogen (secondary N) is 1. The standard InChI is InChI=1S/C13H15BrN2O3/c14-11-4-2-8(15)6-10(11)12(17)16-9-3-1-7(5-9)13(18)19/h2,4,6-7,9H,1,3,5,15H2,(H,16,17)(H,18,19)/t7-,9+/m1/s1. The highest BCUT2D eigenvalue weighted by Crippen LogP contribution is 2.26. The van der Waals surface area contributed by atoms with Gasteiger partial charge >= 0.3 is 5.97 Å². The van der Waals surface area contributed by atoms with Crippen molar-refractivity contribution < 1.29 is 14.7 Å². The Morgan fingerprint density at radius 1 is 1.37 bits per heavy atom. The highest BCUT2D eigenvalue weighted by molar-refractivity contribution is 9.10. The first kappa shape index (κ1) is 13.9. The van der Waals surface area contributed by atoms with Gasteiger partial charge in [-0.25, -0.2) is 0 Å². The van der Waals surface area contributed by atoms with Gasteiger partial charge in [-0.05, 0) is 53.4 Å². The van der Waals surface area contributed by atoms with E-state index in [4.69, 9.17) is 10.8 Å². The molecule has 0 saturated heterocycles. The Morgan fingerprint density at radius 3 is 2.74 bits per heavy atom. The van der Waals surface area contributed by atoms with Gasteiger partial charge < -0.3 is 16.2 Å². The van der Waals surface area contributed by atoms with Crippen molar-refractivity contribution >= 4 is 33.5 Å². The Hall–Kier alpha value is -1.56. The lowest BCUT2D eigenvalue weighted by Gasteiger charge is -2.13. The Labute approximate surface area is 119 Å². The Morgan fingerprint density at radius 2 is 2.11 bits per heavy atom. The molecule has 1 aromatic carbocycles. The zero-order valence-electron chi connectivity index (χ0n) is 10.2. The van der Waals surface area contributed by atoms with Gasteiger partial charge in [0.05, 0.1) is 11.5 Å². The number of rotatable bonds is 3. The molecule has 4 N–H and O–H groups in total. The number of carboxylic acid groups (broad SMARTS) is 1. The second-order valence-electron chi connectivity index (χ2n) is 4.76. The molecule has 0 aliphatic heterocycles. The number of carbonyl (C=O) groups is 2. The Balaban J connectivity index is 2.02. The van der Waals surface area contributed by atoms with Crippen LogP contribution in [0.5, 0.6) is 0 Å². The zero-order chi connectivity index (χ0) is 14.0. The summed E-state index contributed by atoms with van der Waals surface area (Å²) in [5.74, 6) is -1.37. The maximum atomic E-state index is 12.1. The molecule has 2 atom stereocenters. The number of halogens is 1. The molecule has 102 valence electrons. The zero-order valence-corrected chi connectivity index (χ0v) is 11.8. The van der Waals surface area contributed by atoms with Crippen LogP contribution in [0.1, 0.15) is 29.6 Å². The molecule has 1 saturated carbocycles. The summed E-state index contributed by atoms with van der Waals surface area (Å²) in [4.78, 5) is 23.0. The smallest absolute Gasteiger partial charge is 0.306 e. The second kappa shape index (κ2) is 5.61. The third kappa shape index (κ3) is 3.26. The van der Waals surface area contributed by atoms with Crippen LogP contribution < -0.4 is 11.1 Å². The number of benzene rings is 1. The molecule has 1 aromatic rings. The largest absolute Gasteiger partial charge is 0.481 e. The van der Waals surface area contributed by atoms with E-state index in [0.717, 1.165) is 0 Å². The summed E-state index contributed by atoms with van der Waals surface area (Å²) in [6, 6.07) is 4.95. The molecule has 0 unspecified atom stereocenters. The van der Waals surface area contributed by atoms with Gasteiger partial charge in [0.1, 0.15) is 0 Å². The average Bonchev–Trinajstić information content (AvgIpc) is 2.80. The molecule has 5 nitrogen and oxygen atoms in total. The van der Waals surface area contributed by atoms with Crippen LogP contribution in [0.25, 0.3) is 0 Å². The lowest BCUT2D eigenvalue weighted by Crippen LogP contribution is -2.33. The number of hydrogen-bond donors (Lipinski definition) is 3. The lowest BCUT2D eigenvalue weighted by molar-refractivity contribution is -0.141. The third-order valence-electron chi connectivity index (χ3n) is 3.35. The molecule has 0 bridgehead atoms. The molecule has 2 rings (SSSR count). The van der Waals surface area contributed by atoms with Gasteiger partial charge in [0.2, 0.25) is 0 Å². The normalized spacial score (nSPS) is 22.2. The van der Waals surface area contributed by atoms with E-state index in [0.29, 0.717) is 35.0 Å². The molecule has 6 heteroatoms. The van der Waals surface area contributed by atoms with E-state index in [-0.39, 0.29) is 17.9 Å². The van der Waals surface area contributed by atoms with Crippen LogP contribution in [0, 0.1) is 5.92 Å². The van der Waals surface area contributed by atoms with Crippen molar-refractivity contribution in [3.8, 4) is 0 Å². The van der Waals surface area contributed by atoms with Crippen molar-refractivity contribution in [1.29, 1.82) is 0 Å². The van der Waals surface area contributed by atoms with Crippen molar-refractivity contribution in [3.63, 3.8) is 0 Å². The van der Waals surface area contributed by atoms with Gasteiger partial charge in [0.15, 0.2) is 0 Å². The molecule has 0 spiro atoms. The number of nitrogen functional groups attached to an aromatic ring is 1. The molecular weight excluding hydrogens is 312 g/mol. The minimum absolute atomic E-state index is 0.0815. The number of anilines is 1. The van der Waals surface area contributed by atoms with Crippen LogP contribution in [0.15, 0.2) is 22.7 Å². The molecule has 1 aliphatic rings. The van der Waals surface area contributed by atoms with E-state index in [1.807, 2.05) is 0 Å². The molecule has 0 heterocycles. The van der Waals surface area contributed by atoms with Gasteiger partial charge in [0, 0.05) is 16.2 Å². The minimum atomic E-state index is -0.790. The first-order valence-electron chi connectivity index (χ1n) is 6.06. The van der Waals surface area contributed by atoms with Crippen LogP contribution >= 0.6 is 15.9 Å². The van der Waals surface area contributed by atoms with Crippen molar-refractivity contribution in [2.24, 2.45) is 5.92 Å². The van der Waals surface area contributed by atoms with E-state index in [1.54, 1.807) is 18.2 Å². The van der Waals surface area contributed by atoms with Crippen LogP contribution in [0.3, 0.4) is 0 Å². The summed E-state index contributed by atoms with van der Waals surface area (Å²) in [6.45, 7) is 0. The van der Waals surface area contributed by atoms with Gasteiger partial charge in [-0.3, -0.25) is 9.59 Å². The Bertz CT molecular complexity index is 519. The van der Waals surface area contributed by atoms with E-state index in [1.165, 1.54) is 0 Å². The topological polar surface area (TPSA) is 92.4 Å². The number of carboxylic acids is 1. The fourth-order valence-electron chi connectivity index (χ4n) is 2.32. The highest BCUT2D eigenvalue weighted by Gasteiger charge is 2.30. The molecule has 1 amide bonds. The van der Waals surface area contributed by atoms with Gasteiger partial charge in [-0.15, -0.1) is 0 Å². The second-order valence-corrected chi connectivity index (χ2v) is 5.61. The molecular formula is C13H15BrN2O3. The number of hydrogen-bond acceptors (Lipinski definition) is 3. The Kier molecular flexibility index (Phi) is 4.09. The molecule has 1 fully saturated rings. The number of aliphatic carboxylic acids is 1. The monoisotopic (exact) mass is 326 g/mol. The van der Waals surface area contributed by atoms with Crippen LogP contribution in [0.4, 0.5) is 5.69 Å². The minimum Gasteiger partial charge on any atom is -0.481 e.